The maximum Gasteiger partial charge on any atom is 0.433 e. The summed E-state index contributed by atoms with van der Waals surface area (Å²) in [7, 11) is 3.16. The van der Waals surface area contributed by atoms with Crippen molar-refractivity contribution in [3.63, 3.8) is 0 Å². The van der Waals surface area contributed by atoms with Crippen molar-refractivity contribution in [2.75, 3.05) is 7.11 Å². The number of ether oxygens (including phenoxy) is 1. The SMILES string of the molecule is COc1nc2ccc(C(O)(c3ccc(C(F)(F)F)nc3)c3cncn3C)cc2c(Cl)c1C1=CNC(C)N=C1. The van der Waals surface area contributed by atoms with Crippen LogP contribution in [0.5, 0.6) is 5.88 Å². The molecule has 4 heterocycles. The van der Waals surface area contributed by atoms with Gasteiger partial charge in [0.2, 0.25) is 5.88 Å². The number of nitrogens with zero attached hydrogens (tertiary/aromatic N) is 5. The lowest BCUT2D eigenvalue weighted by atomic mass is 9.83. The van der Waals surface area contributed by atoms with Crippen molar-refractivity contribution in [1.29, 1.82) is 0 Å². The number of allylic oxidation sites excluding steroid dienone is 1. The van der Waals surface area contributed by atoms with E-state index in [1.807, 2.05) is 6.92 Å². The fourth-order valence-corrected chi connectivity index (χ4v) is 4.73. The maximum atomic E-state index is 13.2. The van der Waals surface area contributed by atoms with E-state index in [2.05, 4.69) is 25.3 Å². The molecule has 12 heteroatoms. The maximum absolute atomic E-state index is 13.2. The van der Waals surface area contributed by atoms with Gasteiger partial charge >= 0.3 is 6.18 Å². The number of hydrogen-bond donors (Lipinski definition) is 2. The lowest BCUT2D eigenvalue weighted by molar-refractivity contribution is -0.141. The molecule has 0 fully saturated rings. The number of pyridine rings is 2. The molecule has 196 valence electrons. The summed E-state index contributed by atoms with van der Waals surface area (Å²) in [5.41, 5.74) is -0.576. The van der Waals surface area contributed by atoms with Crippen LogP contribution in [0.25, 0.3) is 16.5 Å². The molecule has 0 spiro atoms. The number of fused-ring (bicyclic) bond motifs is 1. The molecule has 1 aliphatic heterocycles. The summed E-state index contributed by atoms with van der Waals surface area (Å²) in [4.78, 5) is 16.6. The molecule has 3 aromatic heterocycles. The number of benzene rings is 1. The first-order chi connectivity index (χ1) is 18.0. The molecule has 0 saturated carbocycles. The van der Waals surface area contributed by atoms with E-state index in [4.69, 9.17) is 16.3 Å². The summed E-state index contributed by atoms with van der Waals surface area (Å²) < 4.78 is 46.6. The van der Waals surface area contributed by atoms with E-state index in [-0.39, 0.29) is 17.6 Å². The number of aromatic nitrogens is 4. The fraction of sp³-hybridized carbons (Fsp3) is 0.231. The number of methoxy groups -OCH3 is 1. The van der Waals surface area contributed by atoms with Gasteiger partial charge in [-0.1, -0.05) is 23.7 Å². The zero-order valence-electron chi connectivity index (χ0n) is 20.5. The molecule has 8 nitrogen and oxygen atoms in total. The zero-order valence-corrected chi connectivity index (χ0v) is 21.2. The largest absolute Gasteiger partial charge is 0.480 e. The van der Waals surface area contributed by atoms with E-state index in [0.717, 1.165) is 12.3 Å². The van der Waals surface area contributed by atoms with Gasteiger partial charge in [-0.25, -0.2) is 9.97 Å². The summed E-state index contributed by atoms with van der Waals surface area (Å²) in [5.74, 6) is 0.290. The first-order valence-electron chi connectivity index (χ1n) is 11.4. The molecule has 2 N–H and O–H groups in total. The van der Waals surface area contributed by atoms with Crippen molar-refractivity contribution < 1.29 is 23.0 Å². The van der Waals surface area contributed by atoms with E-state index in [0.29, 0.717) is 38.3 Å². The van der Waals surface area contributed by atoms with Gasteiger partial charge in [-0.3, -0.25) is 9.98 Å². The van der Waals surface area contributed by atoms with Gasteiger partial charge in [-0.05, 0) is 30.7 Å². The number of rotatable bonds is 5. The molecule has 1 aliphatic rings. The average Bonchev–Trinajstić information content (AvgIpc) is 3.34. The van der Waals surface area contributed by atoms with Gasteiger partial charge in [-0.2, -0.15) is 13.2 Å². The Morgan fingerprint density at radius 1 is 1.13 bits per heavy atom. The van der Waals surface area contributed by atoms with Crippen LogP contribution in [0.4, 0.5) is 13.2 Å². The van der Waals surface area contributed by atoms with Crippen LogP contribution in [0, 0.1) is 0 Å². The Bertz CT molecular complexity index is 1580. The van der Waals surface area contributed by atoms with Gasteiger partial charge in [0.25, 0.3) is 0 Å². The third-order valence-corrected chi connectivity index (χ3v) is 6.76. The average molecular weight is 543 g/mol. The van der Waals surface area contributed by atoms with E-state index in [9.17, 15) is 18.3 Å². The van der Waals surface area contributed by atoms with Crippen LogP contribution in [0.3, 0.4) is 0 Å². The minimum Gasteiger partial charge on any atom is -0.480 e. The molecule has 5 rings (SSSR count). The molecule has 0 amide bonds. The summed E-state index contributed by atoms with van der Waals surface area (Å²) in [6.07, 6.45) is 2.65. The molecule has 2 unspecified atom stereocenters. The van der Waals surface area contributed by atoms with Crippen LogP contribution < -0.4 is 10.1 Å². The van der Waals surface area contributed by atoms with Gasteiger partial charge in [0, 0.05) is 42.2 Å². The number of aliphatic imine (C=N–C) groups is 1. The van der Waals surface area contributed by atoms with Crippen molar-refractivity contribution in [3.8, 4) is 5.88 Å². The van der Waals surface area contributed by atoms with Crippen LogP contribution in [-0.4, -0.2) is 44.1 Å². The molecule has 2 atom stereocenters. The molecule has 4 aromatic rings. The molecule has 0 radical (unpaired) electrons. The predicted molar refractivity (Wildman–Crippen MR) is 137 cm³/mol. The topological polar surface area (TPSA) is 97.5 Å². The molecule has 0 bridgehead atoms. The highest BCUT2D eigenvalue weighted by Gasteiger charge is 2.39. The number of nitrogens with one attached hydrogen (secondary N) is 1. The normalized spacial score (nSPS) is 17.2. The van der Waals surface area contributed by atoms with Gasteiger partial charge in [-0.15, -0.1) is 0 Å². The summed E-state index contributed by atoms with van der Waals surface area (Å²) in [6.45, 7) is 1.89. The lowest BCUT2D eigenvalue weighted by Crippen LogP contribution is -2.31. The Morgan fingerprint density at radius 3 is 2.47 bits per heavy atom. The second-order valence-electron chi connectivity index (χ2n) is 8.79. The molecular weight excluding hydrogens is 521 g/mol. The monoisotopic (exact) mass is 542 g/mol. The predicted octanol–water partition coefficient (Wildman–Crippen LogP) is 4.69. The van der Waals surface area contributed by atoms with E-state index >= 15 is 0 Å². The third kappa shape index (κ3) is 4.27. The Balaban J connectivity index is 1.73. The fourth-order valence-electron chi connectivity index (χ4n) is 4.39. The third-order valence-electron chi connectivity index (χ3n) is 6.36. The van der Waals surface area contributed by atoms with Crippen molar-refractivity contribution >= 4 is 34.3 Å². The summed E-state index contributed by atoms with van der Waals surface area (Å²) in [6, 6.07) is 6.96. The number of hydrogen-bond acceptors (Lipinski definition) is 7. The summed E-state index contributed by atoms with van der Waals surface area (Å²) >= 11 is 6.90. The van der Waals surface area contributed by atoms with E-state index in [1.165, 1.54) is 25.7 Å². The van der Waals surface area contributed by atoms with Crippen LogP contribution in [0.15, 0.2) is 60.2 Å². The highest BCUT2D eigenvalue weighted by molar-refractivity contribution is 6.38. The Morgan fingerprint density at radius 2 is 1.89 bits per heavy atom. The summed E-state index contributed by atoms with van der Waals surface area (Å²) in [5, 5.41) is 16.1. The van der Waals surface area contributed by atoms with Crippen molar-refractivity contribution in [2.24, 2.45) is 12.0 Å². The van der Waals surface area contributed by atoms with E-state index < -0.39 is 17.5 Å². The van der Waals surface area contributed by atoms with E-state index in [1.54, 1.807) is 42.2 Å². The Hall–Kier alpha value is -3.96. The first kappa shape index (κ1) is 25.7. The highest BCUT2D eigenvalue weighted by atomic mass is 35.5. The van der Waals surface area contributed by atoms with Gasteiger partial charge in [0.1, 0.15) is 11.9 Å². The molecule has 0 saturated heterocycles. The van der Waals surface area contributed by atoms with Crippen molar-refractivity contribution in [3.05, 3.63) is 88.4 Å². The minimum atomic E-state index is -4.62. The quantitative estimate of drug-likeness (QED) is 0.380. The standard InChI is InChI=1S/C26H22ClF3N6O2/c1-14-32-9-15(10-33-14)22-23(27)18-8-16(4-6-19(18)35-24(22)38-3)25(37,21-12-31-13-36(21)2)17-5-7-20(34-11-17)26(28,29)30/h4-14,32,37H,1-3H3. The number of alkyl halides is 3. The zero-order chi connectivity index (χ0) is 27.2. The Kier molecular flexibility index (Phi) is 6.36. The number of imidazole rings is 1. The molecule has 0 aliphatic carbocycles. The van der Waals surface area contributed by atoms with Crippen molar-refractivity contribution in [1.82, 2.24) is 24.8 Å². The number of aliphatic hydroxyl groups is 1. The van der Waals surface area contributed by atoms with Crippen LogP contribution in [0.1, 0.15) is 35.0 Å². The highest BCUT2D eigenvalue weighted by Crippen LogP contribution is 2.42. The van der Waals surface area contributed by atoms with Crippen molar-refractivity contribution in [2.45, 2.75) is 24.9 Å². The minimum absolute atomic E-state index is 0.102. The van der Waals surface area contributed by atoms with Gasteiger partial charge < -0.3 is 19.7 Å². The second kappa shape index (κ2) is 9.41. The van der Waals surface area contributed by atoms with Gasteiger partial charge in [0.15, 0.2) is 5.60 Å². The Labute approximate surface area is 220 Å². The van der Waals surface area contributed by atoms with Gasteiger partial charge in [0.05, 0.1) is 41.4 Å². The number of aryl methyl sites for hydroxylation is 1. The van der Waals surface area contributed by atoms with Crippen LogP contribution in [-0.2, 0) is 18.8 Å². The first-order valence-corrected chi connectivity index (χ1v) is 11.8. The molecular formula is C26H22ClF3N6O2. The van der Waals surface area contributed by atoms with Crippen LogP contribution in [0.2, 0.25) is 5.02 Å². The second-order valence-corrected chi connectivity index (χ2v) is 9.17. The number of halogens is 4. The molecule has 1 aromatic carbocycles. The molecule has 38 heavy (non-hydrogen) atoms. The van der Waals surface area contributed by atoms with Crippen LogP contribution >= 0.6 is 11.6 Å². The smallest absolute Gasteiger partial charge is 0.433 e. The lowest BCUT2D eigenvalue weighted by Gasteiger charge is -2.30.